The van der Waals surface area contributed by atoms with Crippen molar-refractivity contribution in [2.24, 2.45) is 0 Å². The Kier molecular flexibility index (Phi) is 5.80. The molecule has 0 saturated heterocycles. The summed E-state index contributed by atoms with van der Waals surface area (Å²) < 4.78 is 12.1. The molecule has 8 nitrogen and oxygen atoms in total. The average Bonchev–Trinajstić information content (AvgIpc) is 3.20. The molecule has 30 heavy (non-hydrogen) atoms. The molecule has 152 valence electrons. The lowest BCUT2D eigenvalue weighted by Gasteiger charge is -2.11. The largest absolute Gasteiger partial charge is 0.497 e. The molecule has 0 fully saturated rings. The fourth-order valence-electron chi connectivity index (χ4n) is 2.85. The van der Waals surface area contributed by atoms with Crippen LogP contribution in [0.15, 0.2) is 65.8 Å². The number of thioether (sulfide) groups is 1. The first-order chi connectivity index (χ1) is 14.7. The Morgan fingerprint density at radius 1 is 1.03 bits per heavy atom. The van der Waals surface area contributed by atoms with Gasteiger partial charge in [-0.3, -0.25) is 4.79 Å². The molecule has 0 aliphatic carbocycles. The monoisotopic (exact) mass is 421 g/mol. The molecule has 2 aromatic carbocycles. The van der Waals surface area contributed by atoms with Crippen LogP contribution in [0.4, 0.5) is 5.69 Å². The van der Waals surface area contributed by atoms with Crippen LogP contribution in [0.3, 0.4) is 0 Å². The molecule has 0 saturated carbocycles. The van der Waals surface area contributed by atoms with E-state index in [4.69, 9.17) is 9.47 Å². The SMILES string of the molecule is COc1ccc(OC)c(NC(=O)CSc2nnc3ccc(-c4ccccc4)nn23)c1. The van der Waals surface area contributed by atoms with Crippen LogP contribution >= 0.6 is 11.8 Å². The van der Waals surface area contributed by atoms with Gasteiger partial charge in [0.1, 0.15) is 11.5 Å². The number of carbonyl (C=O) groups excluding carboxylic acids is 1. The molecule has 0 aliphatic rings. The van der Waals surface area contributed by atoms with Crippen LogP contribution in [-0.2, 0) is 4.79 Å². The number of ether oxygens (including phenoxy) is 2. The maximum absolute atomic E-state index is 12.5. The number of nitrogens with zero attached hydrogens (tertiary/aromatic N) is 4. The van der Waals surface area contributed by atoms with Crippen molar-refractivity contribution in [3.05, 3.63) is 60.7 Å². The van der Waals surface area contributed by atoms with Gasteiger partial charge in [-0.2, -0.15) is 9.61 Å². The van der Waals surface area contributed by atoms with Crippen molar-refractivity contribution >= 4 is 29.0 Å². The Bertz CT molecular complexity index is 1180. The Balaban J connectivity index is 1.49. The summed E-state index contributed by atoms with van der Waals surface area (Å²) in [4.78, 5) is 12.5. The highest BCUT2D eigenvalue weighted by Gasteiger charge is 2.13. The topological polar surface area (TPSA) is 90.6 Å². The van der Waals surface area contributed by atoms with E-state index in [1.165, 1.54) is 11.8 Å². The summed E-state index contributed by atoms with van der Waals surface area (Å²) in [5.41, 5.74) is 2.95. The van der Waals surface area contributed by atoms with Crippen molar-refractivity contribution in [1.29, 1.82) is 0 Å². The van der Waals surface area contributed by atoms with Crippen molar-refractivity contribution in [2.45, 2.75) is 5.16 Å². The maximum atomic E-state index is 12.5. The molecule has 0 atom stereocenters. The molecule has 2 aromatic heterocycles. The molecule has 0 unspecified atom stereocenters. The number of aromatic nitrogens is 4. The van der Waals surface area contributed by atoms with Crippen LogP contribution in [0.2, 0.25) is 0 Å². The summed E-state index contributed by atoms with van der Waals surface area (Å²) >= 11 is 1.25. The standard InChI is InChI=1S/C21H19N5O3S/c1-28-15-8-10-18(29-2)17(12-15)22-20(27)13-30-21-24-23-19-11-9-16(25-26(19)21)14-6-4-3-5-7-14/h3-12H,13H2,1-2H3,(H,22,27). The van der Waals surface area contributed by atoms with E-state index >= 15 is 0 Å². The smallest absolute Gasteiger partial charge is 0.234 e. The van der Waals surface area contributed by atoms with Gasteiger partial charge in [0.15, 0.2) is 5.65 Å². The summed E-state index contributed by atoms with van der Waals surface area (Å²) in [6, 6.07) is 18.8. The molecule has 0 aliphatic heterocycles. The van der Waals surface area contributed by atoms with E-state index in [1.54, 1.807) is 36.9 Å². The van der Waals surface area contributed by atoms with Crippen molar-refractivity contribution < 1.29 is 14.3 Å². The zero-order chi connectivity index (χ0) is 20.9. The van der Waals surface area contributed by atoms with Gasteiger partial charge in [-0.25, -0.2) is 0 Å². The second kappa shape index (κ2) is 8.83. The van der Waals surface area contributed by atoms with Crippen LogP contribution in [-0.4, -0.2) is 45.7 Å². The van der Waals surface area contributed by atoms with Crippen molar-refractivity contribution in [2.75, 3.05) is 25.3 Å². The fraction of sp³-hybridized carbons (Fsp3) is 0.143. The van der Waals surface area contributed by atoms with Crippen molar-refractivity contribution in [3.63, 3.8) is 0 Å². The van der Waals surface area contributed by atoms with Crippen LogP contribution in [0.5, 0.6) is 11.5 Å². The summed E-state index contributed by atoms with van der Waals surface area (Å²) in [6.45, 7) is 0. The van der Waals surface area contributed by atoms with E-state index in [2.05, 4.69) is 20.6 Å². The molecule has 1 amide bonds. The predicted molar refractivity (Wildman–Crippen MR) is 115 cm³/mol. The molecule has 0 spiro atoms. The summed E-state index contributed by atoms with van der Waals surface area (Å²) in [5.74, 6) is 1.11. The lowest BCUT2D eigenvalue weighted by Crippen LogP contribution is -2.15. The number of hydrogen-bond donors (Lipinski definition) is 1. The maximum Gasteiger partial charge on any atom is 0.234 e. The third-order valence-electron chi connectivity index (χ3n) is 4.32. The van der Waals surface area contributed by atoms with Crippen molar-refractivity contribution in [3.8, 4) is 22.8 Å². The Labute approximate surface area is 177 Å². The lowest BCUT2D eigenvalue weighted by atomic mass is 10.1. The van der Waals surface area contributed by atoms with E-state index in [1.807, 2.05) is 42.5 Å². The van der Waals surface area contributed by atoms with Crippen molar-refractivity contribution in [1.82, 2.24) is 19.8 Å². The quantitative estimate of drug-likeness (QED) is 0.457. The molecular formula is C21H19N5O3S. The number of fused-ring (bicyclic) bond motifs is 1. The second-order valence-corrected chi connectivity index (χ2v) is 7.18. The number of nitrogens with one attached hydrogen (secondary N) is 1. The number of rotatable bonds is 7. The predicted octanol–water partition coefficient (Wildman–Crippen LogP) is 3.54. The Morgan fingerprint density at radius 2 is 1.87 bits per heavy atom. The molecule has 0 bridgehead atoms. The van der Waals surface area contributed by atoms with Gasteiger partial charge in [0.05, 0.1) is 31.4 Å². The minimum absolute atomic E-state index is 0.137. The summed E-state index contributed by atoms with van der Waals surface area (Å²) in [5, 5.41) is 16.3. The molecule has 0 radical (unpaired) electrons. The lowest BCUT2D eigenvalue weighted by molar-refractivity contribution is -0.113. The van der Waals surface area contributed by atoms with Crippen LogP contribution < -0.4 is 14.8 Å². The summed E-state index contributed by atoms with van der Waals surface area (Å²) in [7, 11) is 3.11. The molecule has 9 heteroatoms. The minimum atomic E-state index is -0.206. The van der Waals surface area contributed by atoms with Crippen LogP contribution in [0, 0.1) is 0 Å². The highest BCUT2D eigenvalue weighted by Crippen LogP contribution is 2.29. The van der Waals surface area contributed by atoms with Gasteiger partial charge >= 0.3 is 0 Å². The number of hydrogen-bond acceptors (Lipinski definition) is 7. The van der Waals surface area contributed by atoms with Gasteiger partial charge in [0.2, 0.25) is 11.1 Å². The van der Waals surface area contributed by atoms with Gasteiger partial charge < -0.3 is 14.8 Å². The Hall–Kier alpha value is -3.59. The first kappa shape index (κ1) is 19.7. The first-order valence-corrected chi connectivity index (χ1v) is 10.1. The highest BCUT2D eigenvalue weighted by atomic mass is 32.2. The third kappa shape index (κ3) is 4.20. The zero-order valence-corrected chi connectivity index (χ0v) is 17.2. The van der Waals surface area contributed by atoms with Gasteiger partial charge in [-0.05, 0) is 24.3 Å². The van der Waals surface area contributed by atoms with Crippen LogP contribution in [0.1, 0.15) is 0 Å². The number of benzene rings is 2. The fourth-order valence-corrected chi connectivity index (χ4v) is 3.54. The number of methoxy groups -OCH3 is 2. The van der Waals surface area contributed by atoms with Gasteiger partial charge in [-0.15, -0.1) is 10.2 Å². The average molecular weight is 421 g/mol. The van der Waals surface area contributed by atoms with Crippen LogP contribution in [0.25, 0.3) is 16.9 Å². The highest BCUT2D eigenvalue weighted by molar-refractivity contribution is 7.99. The number of anilines is 1. The van der Waals surface area contributed by atoms with E-state index in [0.29, 0.717) is 28.0 Å². The second-order valence-electron chi connectivity index (χ2n) is 6.24. The molecular weight excluding hydrogens is 402 g/mol. The van der Waals surface area contributed by atoms with E-state index < -0.39 is 0 Å². The third-order valence-corrected chi connectivity index (χ3v) is 5.24. The molecule has 1 N–H and O–H groups in total. The first-order valence-electron chi connectivity index (χ1n) is 9.10. The molecule has 2 heterocycles. The number of carbonyl (C=O) groups is 1. The van der Waals surface area contributed by atoms with E-state index in [0.717, 1.165) is 11.3 Å². The molecule has 4 rings (SSSR count). The zero-order valence-electron chi connectivity index (χ0n) is 16.4. The van der Waals surface area contributed by atoms with E-state index in [-0.39, 0.29) is 11.7 Å². The van der Waals surface area contributed by atoms with Gasteiger partial charge in [0, 0.05) is 11.6 Å². The van der Waals surface area contributed by atoms with Gasteiger partial charge in [0.25, 0.3) is 0 Å². The Morgan fingerprint density at radius 3 is 2.63 bits per heavy atom. The van der Waals surface area contributed by atoms with E-state index in [9.17, 15) is 4.79 Å². The van der Waals surface area contributed by atoms with Gasteiger partial charge in [-0.1, -0.05) is 42.1 Å². The minimum Gasteiger partial charge on any atom is -0.497 e. The number of amides is 1. The molecule has 4 aromatic rings. The normalized spacial score (nSPS) is 10.7. The summed E-state index contributed by atoms with van der Waals surface area (Å²) in [6.07, 6.45) is 0.